The first-order valence-corrected chi connectivity index (χ1v) is 14.0. The van der Waals surface area contributed by atoms with E-state index in [1.807, 2.05) is 36.1 Å². The fraction of sp³-hybridized carbons (Fsp3) is 0.581. The van der Waals surface area contributed by atoms with Crippen LogP contribution in [0.5, 0.6) is 5.75 Å². The monoisotopic (exact) mass is 526 g/mol. The highest BCUT2D eigenvalue weighted by molar-refractivity contribution is 5.79. The molecule has 1 saturated carbocycles. The van der Waals surface area contributed by atoms with Gasteiger partial charge in [0.25, 0.3) is 0 Å². The fourth-order valence-corrected chi connectivity index (χ4v) is 6.45. The third kappa shape index (κ3) is 6.22. The molecule has 38 heavy (non-hydrogen) atoms. The summed E-state index contributed by atoms with van der Waals surface area (Å²) in [5.74, 6) is 0.150. The zero-order chi connectivity index (χ0) is 27.3. The number of nitrogens with two attached hydrogens (primary N) is 1. The number of hydrogen-bond acceptors (Lipinski definition) is 5. The van der Waals surface area contributed by atoms with E-state index >= 15 is 4.39 Å². The Morgan fingerprint density at radius 3 is 2.71 bits per heavy atom. The molecule has 2 aromatic carbocycles. The van der Waals surface area contributed by atoms with Crippen molar-refractivity contribution in [3.05, 3.63) is 53.3 Å². The predicted octanol–water partition coefficient (Wildman–Crippen LogP) is 5.18. The van der Waals surface area contributed by atoms with E-state index in [4.69, 9.17) is 15.2 Å². The van der Waals surface area contributed by atoms with E-state index < -0.39 is 5.60 Å². The van der Waals surface area contributed by atoms with Crippen molar-refractivity contribution < 1.29 is 23.8 Å². The molecule has 1 heterocycles. The maximum atomic E-state index is 15.6. The minimum absolute atomic E-state index is 0.0389. The Morgan fingerprint density at radius 1 is 1.18 bits per heavy atom. The van der Waals surface area contributed by atoms with Crippen molar-refractivity contribution in [3.63, 3.8) is 0 Å². The Bertz CT molecular complexity index is 1110. The number of ether oxygens (including phenoxy) is 2. The lowest BCUT2D eigenvalue weighted by Crippen LogP contribution is -2.49. The molecule has 0 radical (unpaired) electrons. The second-order valence-electron chi connectivity index (χ2n) is 11.2. The number of nitrogens with zero attached hydrogens (tertiary/aromatic N) is 1. The molecule has 6 nitrogen and oxygen atoms in total. The minimum Gasteiger partial charge on any atom is -0.497 e. The normalized spacial score (nSPS) is 23.3. The average molecular weight is 527 g/mol. The quantitative estimate of drug-likeness (QED) is 0.417. The summed E-state index contributed by atoms with van der Waals surface area (Å²) in [6.45, 7) is 3.69. The zero-order valence-corrected chi connectivity index (χ0v) is 23.0. The third-order valence-electron chi connectivity index (χ3n) is 8.44. The van der Waals surface area contributed by atoms with Crippen LogP contribution in [-0.2, 0) is 15.1 Å². The van der Waals surface area contributed by atoms with Gasteiger partial charge in [-0.15, -0.1) is 0 Å². The first-order valence-electron chi connectivity index (χ1n) is 14.0. The van der Waals surface area contributed by atoms with Gasteiger partial charge < -0.3 is 25.2 Å². The van der Waals surface area contributed by atoms with Gasteiger partial charge in [-0.25, -0.2) is 4.39 Å². The highest BCUT2D eigenvalue weighted by atomic mass is 19.1. The Hall–Kier alpha value is -2.48. The summed E-state index contributed by atoms with van der Waals surface area (Å²) in [4.78, 5) is 15.3. The SMILES string of the molecule is COCCCC[C@@](O)(c1cccc(F)c1-c1cc(C)cc(OC)c1)[C@@H]1CCCN(C(=O)[C@@H]2CC[C@H](N)C2)C1. The second kappa shape index (κ2) is 12.6. The van der Waals surface area contributed by atoms with Gasteiger partial charge >= 0.3 is 0 Å². The van der Waals surface area contributed by atoms with E-state index in [0.717, 1.165) is 50.5 Å². The van der Waals surface area contributed by atoms with E-state index in [0.29, 0.717) is 48.6 Å². The van der Waals surface area contributed by atoms with E-state index in [-0.39, 0.29) is 29.6 Å². The van der Waals surface area contributed by atoms with E-state index in [1.54, 1.807) is 20.3 Å². The maximum absolute atomic E-state index is 15.6. The molecule has 208 valence electrons. The Balaban J connectivity index is 1.72. The van der Waals surface area contributed by atoms with Crippen LogP contribution in [0.15, 0.2) is 36.4 Å². The van der Waals surface area contributed by atoms with Crippen LogP contribution in [0.4, 0.5) is 4.39 Å². The van der Waals surface area contributed by atoms with Crippen molar-refractivity contribution in [3.8, 4) is 16.9 Å². The average Bonchev–Trinajstić information content (AvgIpc) is 3.36. The number of rotatable bonds is 10. The molecule has 1 amide bonds. The molecule has 0 aromatic heterocycles. The molecular weight excluding hydrogens is 483 g/mol. The second-order valence-corrected chi connectivity index (χ2v) is 11.2. The maximum Gasteiger partial charge on any atom is 0.225 e. The standard InChI is InChI=1S/C31H43FN2O4/c1-21-16-23(19-26(17-21)38-3)29-27(9-6-10-28(29)32)31(36,13-4-5-15-37-2)24-8-7-14-34(20-24)30(35)22-11-12-25(33)18-22/h6,9-10,16-17,19,22,24-25,36H,4-5,7-8,11-15,18,20,33H2,1-3H3/t22-,24-,25+,31+/m1/s1. The molecule has 4 atom stereocenters. The molecule has 2 fully saturated rings. The summed E-state index contributed by atoms with van der Waals surface area (Å²) in [7, 11) is 3.26. The molecule has 0 spiro atoms. The predicted molar refractivity (Wildman–Crippen MR) is 147 cm³/mol. The van der Waals surface area contributed by atoms with Crippen LogP contribution in [0.2, 0.25) is 0 Å². The van der Waals surface area contributed by atoms with Gasteiger partial charge in [0.05, 0.1) is 12.7 Å². The van der Waals surface area contributed by atoms with E-state index in [1.165, 1.54) is 6.07 Å². The van der Waals surface area contributed by atoms with Crippen LogP contribution in [-0.4, -0.2) is 55.9 Å². The molecule has 1 aliphatic carbocycles. The van der Waals surface area contributed by atoms with Crippen LogP contribution < -0.4 is 10.5 Å². The van der Waals surface area contributed by atoms with Crippen molar-refractivity contribution in [2.24, 2.45) is 17.6 Å². The summed E-state index contributed by atoms with van der Waals surface area (Å²) < 4.78 is 26.4. The van der Waals surface area contributed by atoms with Crippen molar-refractivity contribution in [1.82, 2.24) is 4.90 Å². The number of carbonyl (C=O) groups excluding carboxylic acids is 1. The summed E-state index contributed by atoms with van der Waals surface area (Å²) >= 11 is 0. The molecule has 3 N–H and O–H groups in total. The Labute approximate surface area is 226 Å². The van der Waals surface area contributed by atoms with Gasteiger partial charge in [-0.3, -0.25) is 4.79 Å². The number of amides is 1. The van der Waals surface area contributed by atoms with Crippen molar-refractivity contribution in [1.29, 1.82) is 0 Å². The van der Waals surface area contributed by atoms with Gasteiger partial charge in [-0.05, 0) is 93.2 Å². The number of likely N-dealkylation sites (tertiary alicyclic amines) is 1. The Morgan fingerprint density at radius 2 is 2.00 bits per heavy atom. The van der Waals surface area contributed by atoms with Crippen molar-refractivity contribution in [2.45, 2.75) is 69.9 Å². The zero-order valence-electron chi connectivity index (χ0n) is 23.0. The lowest BCUT2D eigenvalue weighted by Gasteiger charge is -2.44. The number of halogens is 1. The lowest BCUT2D eigenvalue weighted by molar-refractivity contribution is -0.140. The topological polar surface area (TPSA) is 85.0 Å². The lowest BCUT2D eigenvalue weighted by atomic mass is 9.71. The minimum atomic E-state index is -1.31. The smallest absolute Gasteiger partial charge is 0.225 e. The number of methoxy groups -OCH3 is 2. The highest BCUT2D eigenvalue weighted by Gasteiger charge is 2.44. The summed E-state index contributed by atoms with van der Waals surface area (Å²) in [6, 6.07) is 10.7. The van der Waals surface area contributed by atoms with Gasteiger partial charge in [0, 0.05) is 50.2 Å². The molecule has 7 heteroatoms. The molecule has 4 rings (SSSR count). The largest absolute Gasteiger partial charge is 0.497 e. The van der Waals surface area contributed by atoms with Crippen LogP contribution in [0.3, 0.4) is 0 Å². The molecule has 1 aliphatic heterocycles. The highest BCUT2D eigenvalue weighted by Crippen LogP contribution is 2.45. The number of hydrogen-bond donors (Lipinski definition) is 2. The molecule has 0 bridgehead atoms. The number of aryl methyl sites for hydroxylation is 1. The van der Waals surface area contributed by atoms with E-state index in [2.05, 4.69) is 0 Å². The molecule has 0 unspecified atom stereocenters. The number of carbonyl (C=O) groups is 1. The van der Waals surface area contributed by atoms with Gasteiger partial charge in [0.1, 0.15) is 11.6 Å². The first kappa shape index (κ1) is 28.5. The fourth-order valence-electron chi connectivity index (χ4n) is 6.45. The first-order chi connectivity index (χ1) is 18.3. The van der Waals surface area contributed by atoms with Gasteiger partial charge in [0.2, 0.25) is 5.91 Å². The van der Waals surface area contributed by atoms with Crippen LogP contribution >= 0.6 is 0 Å². The third-order valence-corrected chi connectivity index (χ3v) is 8.44. The number of aliphatic hydroxyl groups is 1. The number of piperidine rings is 1. The number of unbranched alkanes of at least 4 members (excludes halogenated alkanes) is 1. The molecule has 2 aromatic rings. The number of benzene rings is 2. The summed E-state index contributed by atoms with van der Waals surface area (Å²) in [6.07, 6.45) is 5.97. The van der Waals surface area contributed by atoms with Crippen molar-refractivity contribution >= 4 is 5.91 Å². The van der Waals surface area contributed by atoms with Crippen LogP contribution in [0, 0.1) is 24.6 Å². The Kier molecular flexibility index (Phi) is 9.45. The summed E-state index contributed by atoms with van der Waals surface area (Å²) in [5.41, 5.74) is 7.38. The van der Waals surface area contributed by atoms with Crippen LogP contribution in [0.25, 0.3) is 11.1 Å². The molecular formula is C31H43FN2O4. The van der Waals surface area contributed by atoms with Gasteiger partial charge in [-0.2, -0.15) is 0 Å². The van der Waals surface area contributed by atoms with E-state index in [9.17, 15) is 9.90 Å². The van der Waals surface area contributed by atoms with Crippen LogP contribution in [0.1, 0.15) is 62.5 Å². The molecule has 2 aliphatic rings. The van der Waals surface area contributed by atoms with Gasteiger partial charge in [0.15, 0.2) is 0 Å². The van der Waals surface area contributed by atoms with Gasteiger partial charge in [-0.1, -0.05) is 18.2 Å². The molecule has 1 saturated heterocycles. The van der Waals surface area contributed by atoms with Crippen molar-refractivity contribution in [2.75, 3.05) is 33.9 Å². The summed E-state index contributed by atoms with van der Waals surface area (Å²) in [5, 5.41) is 12.6.